The molecule has 0 saturated carbocycles. The molecule has 2 aromatic carbocycles. The standard InChI is InChI=1S/C21H27FN6O2S2/c1-2-19(24)16(9-14-5-3-4-6-15(14)11-23)12-25-17-7-8-20(18(22)10-17)32(29,30)28-21-26-13-27-31-21/h3-8,10,13,16,19,25H,2,9,11-12,23-24H2,1H3,(H,26,27,28)/t16-,19+/m0/s1. The van der Waals surface area contributed by atoms with Gasteiger partial charge in [0.05, 0.1) is 0 Å². The molecule has 0 amide bonds. The van der Waals surface area contributed by atoms with Crippen LogP contribution in [-0.4, -0.2) is 30.4 Å². The molecule has 0 aliphatic carbocycles. The van der Waals surface area contributed by atoms with Gasteiger partial charge in [0.1, 0.15) is 17.0 Å². The summed E-state index contributed by atoms with van der Waals surface area (Å²) in [5.74, 6) is -0.782. The normalized spacial score (nSPS) is 13.5. The van der Waals surface area contributed by atoms with E-state index in [9.17, 15) is 12.8 Å². The van der Waals surface area contributed by atoms with Crippen molar-refractivity contribution in [1.29, 1.82) is 0 Å². The fourth-order valence-corrected chi connectivity index (χ4v) is 5.13. The zero-order valence-corrected chi connectivity index (χ0v) is 19.3. The molecule has 11 heteroatoms. The van der Waals surface area contributed by atoms with Gasteiger partial charge in [0.2, 0.25) is 5.13 Å². The van der Waals surface area contributed by atoms with E-state index in [2.05, 4.69) is 19.4 Å². The number of aromatic nitrogens is 2. The molecule has 2 atom stereocenters. The number of nitrogens with zero attached hydrogens (tertiary/aromatic N) is 2. The average Bonchev–Trinajstić information content (AvgIpc) is 3.28. The van der Waals surface area contributed by atoms with Crippen LogP contribution in [0.1, 0.15) is 24.5 Å². The Hall–Kier alpha value is -2.60. The van der Waals surface area contributed by atoms with E-state index in [1.807, 2.05) is 31.2 Å². The Morgan fingerprint density at radius 1 is 1.19 bits per heavy atom. The van der Waals surface area contributed by atoms with Gasteiger partial charge in [-0.15, -0.1) is 0 Å². The summed E-state index contributed by atoms with van der Waals surface area (Å²) in [5, 5.41) is 3.27. The topological polar surface area (TPSA) is 136 Å². The Balaban J connectivity index is 1.72. The summed E-state index contributed by atoms with van der Waals surface area (Å²) < 4.78 is 45.4. The van der Waals surface area contributed by atoms with Crippen molar-refractivity contribution in [3.05, 3.63) is 65.7 Å². The molecule has 0 spiro atoms. The maximum Gasteiger partial charge on any atom is 0.266 e. The van der Waals surface area contributed by atoms with E-state index in [0.717, 1.165) is 41.6 Å². The van der Waals surface area contributed by atoms with Gasteiger partial charge in [-0.25, -0.2) is 17.8 Å². The van der Waals surface area contributed by atoms with Gasteiger partial charge in [0, 0.05) is 36.4 Å². The van der Waals surface area contributed by atoms with Gasteiger partial charge in [-0.1, -0.05) is 31.2 Å². The molecule has 0 saturated heterocycles. The summed E-state index contributed by atoms with van der Waals surface area (Å²) in [5.41, 5.74) is 14.9. The highest BCUT2D eigenvalue weighted by atomic mass is 32.2. The zero-order chi connectivity index (χ0) is 23.1. The van der Waals surface area contributed by atoms with Crippen molar-refractivity contribution in [3.8, 4) is 0 Å². The fourth-order valence-electron chi connectivity index (χ4n) is 3.41. The van der Waals surface area contributed by atoms with Gasteiger partial charge in [0.25, 0.3) is 10.0 Å². The maximum absolute atomic E-state index is 14.6. The predicted octanol–water partition coefficient (Wildman–Crippen LogP) is 2.94. The third kappa shape index (κ3) is 6.00. The van der Waals surface area contributed by atoms with Crippen LogP contribution in [0.3, 0.4) is 0 Å². The van der Waals surface area contributed by atoms with Crippen molar-refractivity contribution in [2.75, 3.05) is 16.6 Å². The Morgan fingerprint density at radius 2 is 1.94 bits per heavy atom. The third-order valence-electron chi connectivity index (χ3n) is 5.27. The second-order valence-electron chi connectivity index (χ2n) is 7.39. The number of hydrogen-bond acceptors (Lipinski definition) is 8. The largest absolute Gasteiger partial charge is 0.385 e. The minimum absolute atomic E-state index is 0.0612. The molecule has 0 unspecified atom stereocenters. The SMILES string of the molecule is CC[C@@H](N)[C@H](CNc1ccc(S(=O)(=O)Nc2ncns2)c(F)c1)Cc1ccccc1CN. The van der Waals surface area contributed by atoms with E-state index in [1.165, 1.54) is 18.5 Å². The molecule has 1 heterocycles. The monoisotopic (exact) mass is 478 g/mol. The van der Waals surface area contributed by atoms with E-state index in [1.54, 1.807) is 0 Å². The number of sulfonamides is 1. The van der Waals surface area contributed by atoms with Gasteiger partial charge in [-0.05, 0) is 48.1 Å². The Morgan fingerprint density at radius 3 is 2.56 bits per heavy atom. The number of hydrogen-bond donors (Lipinski definition) is 4. The Bertz CT molecular complexity index is 1130. The molecule has 0 aliphatic rings. The van der Waals surface area contributed by atoms with E-state index in [4.69, 9.17) is 11.5 Å². The molecule has 3 rings (SSSR count). The molecule has 0 bridgehead atoms. The molecule has 0 aliphatic heterocycles. The molecule has 32 heavy (non-hydrogen) atoms. The van der Waals surface area contributed by atoms with E-state index < -0.39 is 20.7 Å². The first kappa shape index (κ1) is 24.1. The molecular formula is C21H27FN6O2S2. The first-order chi connectivity index (χ1) is 15.3. The molecule has 172 valence electrons. The first-order valence-electron chi connectivity index (χ1n) is 10.2. The highest BCUT2D eigenvalue weighted by Gasteiger charge is 2.22. The van der Waals surface area contributed by atoms with Crippen molar-refractivity contribution in [2.24, 2.45) is 17.4 Å². The van der Waals surface area contributed by atoms with Crippen LogP contribution in [-0.2, 0) is 23.0 Å². The van der Waals surface area contributed by atoms with Crippen LogP contribution in [0.2, 0.25) is 0 Å². The summed E-state index contributed by atoms with van der Waals surface area (Å²) in [7, 11) is -4.10. The van der Waals surface area contributed by atoms with E-state index in [-0.39, 0.29) is 17.1 Å². The molecular weight excluding hydrogens is 451 g/mol. The first-order valence-corrected chi connectivity index (χ1v) is 12.4. The number of nitrogens with two attached hydrogens (primary N) is 2. The maximum atomic E-state index is 14.6. The lowest BCUT2D eigenvalue weighted by Crippen LogP contribution is -2.36. The van der Waals surface area contributed by atoms with Crippen LogP contribution in [0.4, 0.5) is 15.2 Å². The van der Waals surface area contributed by atoms with Crippen LogP contribution < -0.4 is 21.5 Å². The van der Waals surface area contributed by atoms with E-state index >= 15 is 0 Å². The van der Waals surface area contributed by atoms with Crippen LogP contribution >= 0.6 is 11.5 Å². The van der Waals surface area contributed by atoms with Crippen LogP contribution in [0.5, 0.6) is 0 Å². The number of nitrogens with one attached hydrogen (secondary N) is 2. The lowest BCUT2D eigenvalue weighted by Gasteiger charge is -2.25. The van der Waals surface area contributed by atoms with Crippen LogP contribution in [0.25, 0.3) is 0 Å². The van der Waals surface area contributed by atoms with Crippen molar-refractivity contribution >= 4 is 32.4 Å². The second-order valence-corrected chi connectivity index (χ2v) is 9.82. The second kappa shape index (κ2) is 10.8. The quantitative estimate of drug-likeness (QED) is 0.333. The minimum atomic E-state index is -4.10. The molecule has 1 aromatic heterocycles. The van der Waals surface area contributed by atoms with Gasteiger partial charge in [-0.3, -0.25) is 4.72 Å². The van der Waals surface area contributed by atoms with Gasteiger partial charge >= 0.3 is 0 Å². The summed E-state index contributed by atoms with van der Waals surface area (Å²) in [6, 6.07) is 11.8. The van der Waals surface area contributed by atoms with Crippen molar-refractivity contribution in [1.82, 2.24) is 9.36 Å². The highest BCUT2D eigenvalue weighted by Crippen LogP contribution is 2.23. The van der Waals surface area contributed by atoms with Gasteiger partial charge in [-0.2, -0.15) is 4.37 Å². The Labute approximate surface area is 191 Å². The number of benzene rings is 2. The molecule has 0 radical (unpaired) electrons. The van der Waals surface area contributed by atoms with Crippen LogP contribution in [0, 0.1) is 11.7 Å². The lowest BCUT2D eigenvalue weighted by molar-refractivity contribution is 0.425. The molecule has 8 nitrogen and oxygen atoms in total. The molecule has 6 N–H and O–H groups in total. The van der Waals surface area contributed by atoms with Crippen molar-refractivity contribution < 1.29 is 12.8 Å². The smallest absolute Gasteiger partial charge is 0.266 e. The number of halogens is 1. The fraction of sp³-hybridized carbons (Fsp3) is 0.333. The minimum Gasteiger partial charge on any atom is -0.385 e. The third-order valence-corrected chi connectivity index (χ3v) is 7.35. The Kier molecular flexibility index (Phi) is 8.13. The zero-order valence-electron chi connectivity index (χ0n) is 17.7. The summed E-state index contributed by atoms with van der Waals surface area (Å²) in [6.45, 7) is 2.98. The summed E-state index contributed by atoms with van der Waals surface area (Å²) in [4.78, 5) is 3.30. The molecule has 3 aromatic rings. The van der Waals surface area contributed by atoms with Crippen molar-refractivity contribution in [2.45, 2.75) is 37.2 Å². The number of rotatable bonds is 11. The van der Waals surface area contributed by atoms with Crippen molar-refractivity contribution in [3.63, 3.8) is 0 Å². The van der Waals surface area contributed by atoms with Gasteiger partial charge < -0.3 is 16.8 Å². The highest BCUT2D eigenvalue weighted by molar-refractivity contribution is 7.93. The summed E-state index contributed by atoms with van der Waals surface area (Å²) in [6.07, 6.45) is 2.74. The average molecular weight is 479 g/mol. The van der Waals surface area contributed by atoms with E-state index in [0.29, 0.717) is 18.8 Å². The lowest BCUT2D eigenvalue weighted by atomic mass is 9.89. The molecule has 0 fully saturated rings. The number of anilines is 2. The predicted molar refractivity (Wildman–Crippen MR) is 125 cm³/mol. The van der Waals surface area contributed by atoms with Gasteiger partial charge in [0.15, 0.2) is 0 Å². The summed E-state index contributed by atoms with van der Waals surface area (Å²) >= 11 is 0.867. The van der Waals surface area contributed by atoms with Crippen LogP contribution in [0.15, 0.2) is 53.7 Å².